The van der Waals surface area contributed by atoms with Crippen LogP contribution in [0.5, 0.6) is 0 Å². The maximum atomic E-state index is 12.6. The van der Waals surface area contributed by atoms with Crippen LogP contribution in [-0.4, -0.2) is 50.2 Å². The summed E-state index contributed by atoms with van der Waals surface area (Å²) >= 11 is 0. The Labute approximate surface area is 166 Å². The molecule has 3 aromatic rings. The van der Waals surface area contributed by atoms with E-state index in [0.29, 0.717) is 43.5 Å². The topological polar surface area (TPSA) is 112 Å². The lowest BCUT2D eigenvalue weighted by Gasteiger charge is -2.26. The molecule has 2 aromatic heterocycles. The van der Waals surface area contributed by atoms with Crippen molar-refractivity contribution in [2.24, 2.45) is 0 Å². The fourth-order valence-corrected chi connectivity index (χ4v) is 4.24. The summed E-state index contributed by atoms with van der Waals surface area (Å²) in [5.41, 5.74) is 0.664. The van der Waals surface area contributed by atoms with Crippen LogP contribution in [0.4, 0.5) is 0 Å². The first-order valence-electron chi connectivity index (χ1n) is 8.88. The standard InChI is InChI=1S/C19H18N2O7S/c22-19(27-13-15-12-18(28-20-15)17-2-1-9-26-17)14-3-5-16(6-4-14)29(23,24)21-7-10-25-11-8-21/h1-6,9,12H,7-8,10-11,13H2. The van der Waals surface area contributed by atoms with Crippen molar-refractivity contribution in [3.05, 3.63) is 60.0 Å². The lowest BCUT2D eigenvalue weighted by Crippen LogP contribution is -2.40. The number of carbonyl (C=O) groups is 1. The van der Waals surface area contributed by atoms with Gasteiger partial charge in [0.1, 0.15) is 12.3 Å². The minimum atomic E-state index is -3.61. The molecule has 1 saturated heterocycles. The third-order valence-corrected chi connectivity index (χ3v) is 6.28. The summed E-state index contributed by atoms with van der Waals surface area (Å²) in [6, 6.07) is 10.7. The monoisotopic (exact) mass is 418 g/mol. The minimum absolute atomic E-state index is 0.0864. The van der Waals surface area contributed by atoms with Crippen molar-refractivity contribution in [3.8, 4) is 11.5 Å². The van der Waals surface area contributed by atoms with Gasteiger partial charge in [-0.1, -0.05) is 5.16 Å². The van der Waals surface area contributed by atoms with Crippen LogP contribution < -0.4 is 0 Å². The summed E-state index contributed by atoms with van der Waals surface area (Å²) < 4.78 is 47.3. The number of hydrogen-bond donors (Lipinski definition) is 0. The molecule has 1 aromatic carbocycles. The molecule has 9 nitrogen and oxygen atoms in total. The largest absolute Gasteiger partial charge is 0.461 e. The van der Waals surface area contributed by atoms with E-state index in [-0.39, 0.29) is 17.1 Å². The minimum Gasteiger partial charge on any atom is -0.461 e. The van der Waals surface area contributed by atoms with Crippen LogP contribution in [0, 0.1) is 0 Å². The van der Waals surface area contributed by atoms with Crippen molar-refractivity contribution in [1.82, 2.24) is 9.46 Å². The molecule has 0 radical (unpaired) electrons. The summed E-state index contributed by atoms with van der Waals surface area (Å²) in [5, 5.41) is 3.83. The number of carbonyl (C=O) groups excluding carboxylic acids is 1. The molecule has 29 heavy (non-hydrogen) atoms. The fraction of sp³-hybridized carbons (Fsp3) is 0.263. The molecule has 0 aliphatic carbocycles. The van der Waals surface area contributed by atoms with Gasteiger partial charge in [-0.3, -0.25) is 0 Å². The average Bonchev–Trinajstić information content (AvgIpc) is 3.44. The van der Waals surface area contributed by atoms with E-state index in [0.717, 1.165) is 0 Å². The Bertz CT molecular complexity index is 1070. The molecule has 10 heteroatoms. The lowest BCUT2D eigenvalue weighted by atomic mass is 10.2. The first-order valence-corrected chi connectivity index (χ1v) is 10.3. The lowest BCUT2D eigenvalue weighted by molar-refractivity contribution is 0.0464. The Kier molecular flexibility index (Phi) is 5.47. The number of nitrogens with zero attached hydrogens (tertiary/aromatic N) is 2. The maximum Gasteiger partial charge on any atom is 0.338 e. The number of ether oxygens (including phenoxy) is 2. The van der Waals surface area contributed by atoms with Gasteiger partial charge in [0.05, 0.1) is 29.9 Å². The number of esters is 1. The summed E-state index contributed by atoms with van der Waals surface area (Å²) in [4.78, 5) is 12.4. The highest BCUT2D eigenvalue weighted by atomic mass is 32.2. The number of benzene rings is 1. The number of morpholine rings is 1. The number of rotatable bonds is 6. The van der Waals surface area contributed by atoms with E-state index in [4.69, 9.17) is 18.4 Å². The van der Waals surface area contributed by atoms with Crippen molar-refractivity contribution in [2.45, 2.75) is 11.5 Å². The summed E-state index contributed by atoms with van der Waals surface area (Å²) in [6.07, 6.45) is 1.51. The predicted molar refractivity (Wildman–Crippen MR) is 99.3 cm³/mol. The van der Waals surface area contributed by atoms with E-state index in [1.165, 1.54) is 34.8 Å². The van der Waals surface area contributed by atoms with Crippen molar-refractivity contribution in [2.75, 3.05) is 26.3 Å². The zero-order valence-corrected chi connectivity index (χ0v) is 16.1. The molecule has 0 atom stereocenters. The van der Waals surface area contributed by atoms with Gasteiger partial charge < -0.3 is 18.4 Å². The van der Waals surface area contributed by atoms with Gasteiger partial charge in [0, 0.05) is 19.2 Å². The zero-order chi connectivity index (χ0) is 20.3. The Hall–Kier alpha value is -2.95. The SMILES string of the molecule is O=C(OCc1cc(-c2ccco2)on1)c1ccc(S(=O)(=O)N2CCOCC2)cc1. The van der Waals surface area contributed by atoms with Gasteiger partial charge in [0.25, 0.3) is 0 Å². The normalized spacial score (nSPS) is 15.3. The molecule has 1 aliphatic rings. The first-order chi connectivity index (χ1) is 14.0. The Morgan fingerprint density at radius 1 is 1.10 bits per heavy atom. The van der Waals surface area contributed by atoms with E-state index in [1.807, 2.05) is 0 Å². The molecule has 152 valence electrons. The van der Waals surface area contributed by atoms with Crippen molar-refractivity contribution < 1.29 is 31.6 Å². The number of aromatic nitrogens is 1. The summed E-state index contributed by atoms with van der Waals surface area (Å²) in [5.74, 6) is 0.355. The quantitative estimate of drug-likeness (QED) is 0.561. The number of hydrogen-bond acceptors (Lipinski definition) is 8. The van der Waals surface area contributed by atoms with Crippen molar-refractivity contribution >= 4 is 16.0 Å². The van der Waals surface area contributed by atoms with Gasteiger partial charge in [-0.2, -0.15) is 4.31 Å². The van der Waals surface area contributed by atoms with Crippen LogP contribution in [-0.2, 0) is 26.1 Å². The molecule has 3 heterocycles. The van der Waals surface area contributed by atoms with Crippen molar-refractivity contribution in [3.63, 3.8) is 0 Å². The van der Waals surface area contributed by atoms with Gasteiger partial charge >= 0.3 is 5.97 Å². The van der Waals surface area contributed by atoms with E-state index in [1.54, 1.807) is 18.2 Å². The second-order valence-electron chi connectivity index (χ2n) is 6.28. The van der Waals surface area contributed by atoms with Crippen LogP contribution in [0.15, 0.2) is 62.6 Å². The van der Waals surface area contributed by atoms with E-state index in [9.17, 15) is 13.2 Å². The number of sulfonamides is 1. The molecule has 1 aliphatic heterocycles. The molecular weight excluding hydrogens is 400 g/mol. The molecule has 1 fully saturated rings. The fourth-order valence-electron chi connectivity index (χ4n) is 2.84. The van der Waals surface area contributed by atoms with Crippen LogP contribution in [0.1, 0.15) is 16.1 Å². The molecule has 0 bridgehead atoms. The van der Waals surface area contributed by atoms with Crippen LogP contribution in [0.25, 0.3) is 11.5 Å². The maximum absolute atomic E-state index is 12.6. The summed E-state index contributed by atoms with van der Waals surface area (Å²) in [7, 11) is -3.61. The smallest absolute Gasteiger partial charge is 0.338 e. The highest BCUT2D eigenvalue weighted by Gasteiger charge is 2.26. The molecular formula is C19H18N2O7S. The first kappa shape index (κ1) is 19.4. The van der Waals surface area contributed by atoms with Crippen LogP contribution in [0.2, 0.25) is 0 Å². The predicted octanol–water partition coefficient (Wildman–Crippen LogP) is 2.31. The van der Waals surface area contributed by atoms with E-state index in [2.05, 4.69) is 5.16 Å². The highest BCUT2D eigenvalue weighted by molar-refractivity contribution is 7.89. The second-order valence-corrected chi connectivity index (χ2v) is 8.21. The molecule has 0 saturated carbocycles. The van der Waals surface area contributed by atoms with Crippen LogP contribution >= 0.6 is 0 Å². The molecule has 0 N–H and O–H groups in total. The zero-order valence-electron chi connectivity index (χ0n) is 15.3. The Morgan fingerprint density at radius 2 is 1.86 bits per heavy atom. The molecule has 0 spiro atoms. The third kappa shape index (κ3) is 4.24. The average molecular weight is 418 g/mol. The van der Waals surface area contributed by atoms with Gasteiger partial charge in [-0.15, -0.1) is 0 Å². The van der Waals surface area contributed by atoms with E-state index < -0.39 is 16.0 Å². The van der Waals surface area contributed by atoms with Gasteiger partial charge in [-0.25, -0.2) is 13.2 Å². The Morgan fingerprint density at radius 3 is 2.55 bits per heavy atom. The van der Waals surface area contributed by atoms with Gasteiger partial charge in [0.15, 0.2) is 5.76 Å². The molecule has 0 amide bonds. The summed E-state index contributed by atoms with van der Waals surface area (Å²) in [6.45, 7) is 1.27. The van der Waals surface area contributed by atoms with Crippen LogP contribution in [0.3, 0.4) is 0 Å². The molecule has 4 rings (SSSR count). The number of furan rings is 1. The second kappa shape index (κ2) is 8.19. The van der Waals surface area contributed by atoms with Crippen molar-refractivity contribution in [1.29, 1.82) is 0 Å². The Balaban J connectivity index is 1.38. The highest BCUT2D eigenvalue weighted by Crippen LogP contribution is 2.21. The van der Waals surface area contributed by atoms with E-state index >= 15 is 0 Å². The molecule has 0 unspecified atom stereocenters. The van der Waals surface area contributed by atoms with Gasteiger partial charge in [0.2, 0.25) is 15.8 Å². The third-order valence-electron chi connectivity index (χ3n) is 4.37. The van der Waals surface area contributed by atoms with Gasteiger partial charge in [-0.05, 0) is 36.4 Å².